The van der Waals surface area contributed by atoms with Crippen molar-refractivity contribution in [2.45, 2.75) is 37.5 Å². The van der Waals surface area contributed by atoms with Gasteiger partial charge in [0.05, 0.1) is 10.8 Å². The number of aryl methyl sites for hydroxylation is 1. The summed E-state index contributed by atoms with van der Waals surface area (Å²) in [7, 11) is -2.17. The highest BCUT2D eigenvalue weighted by atomic mass is 32.2. The van der Waals surface area contributed by atoms with Crippen LogP contribution in [0.4, 0.5) is 5.69 Å². The molecule has 0 spiro atoms. The zero-order valence-corrected chi connectivity index (χ0v) is 18.7. The minimum Gasteiger partial charge on any atom is -0.359 e. The number of anilines is 1. The summed E-state index contributed by atoms with van der Waals surface area (Å²) in [6, 6.07) is 13.3. The van der Waals surface area contributed by atoms with Crippen molar-refractivity contribution in [3.8, 4) is 0 Å². The van der Waals surface area contributed by atoms with Gasteiger partial charge in [-0.2, -0.15) is 0 Å². The van der Waals surface area contributed by atoms with E-state index in [0.717, 1.165) is 31.2 Å². The number of nitrogens with one attached hydrogen (secondary N) is 2. The molecule has 1 aliphatic rings. The lowest BCUT2D eigenvalue weighted by Crippen LogP contribution is -2.44. The Morgan fingerprint density at radius 2 is 1.87 bits per heavy atom. The predicted molar refractivity (Wildman–Crippen MR) is 120 cm³/mol. The molecule has 0 aliphatic carbocycles. The molecule has 1 heterocycles. The Kier molecular flexibility index (Phi) is 7.33. The third kappa shape index (κ3) is 5.64. The van der Waals surface area contributed by atoms with Gasteiger partial charge in [-0.15, -0.1) is 0 Å². The lowest BCUT2D eigenvalue weighted by atomic mass is 9.96. The van der Waals surface area contributed by atoms with Crippen LogP contribution in [-0.4, -0.2) is 45.3 Å². The van der Waals surface area contributed by atoms with Crippen molar-refractivity contribution in [1.29, 1.82) is 0 Å². The second-order valence-corrected chi connectivity index (χ2v) is 9.47. The number of benzene rings is 2. The fourth-order valence-electron chi connectivity index (χ4n) is 3.82. The van der Waals surface area contributed by atoms with E-state index in [-0.39, 0.29) is 22.6 Å². The van der Waals surface area contributed by atoms with Gasteiger partial charge in [-0.25, -0.2) is 8.42 Å². The first-order chi connectivity index (χ1) is 14.8. The third-order valence-electron chi connectivity index (χ3n) is 5.46. The number of piperidine rings is 1. The van der Waals surface area contributed by atoms with E-state index >= 15 is 0 Å². The molecule has 1 atom stereocenters. The largest absolute Gasteiger partial charge is 0.359 e. The molecule has 0 aromatic heterocycles. The van der Waals surface area contributed by atoms with Gasteiger partial charge in [-0.3, -0.25) is 14.3 Å². The summed E-state index contributed by atoms with van der Waals surface area (Å²) in [6.45, 7) is 3.01. The monoisotopic (exact) mass is 443 g/mol. The van der Waals surface area contributed by atoms with Gasteiger partial charge >= 0.3 is 0 Å². The molecule has 0 saturated carbocycles. The fraction of sp³-hybridized carbons (Fsp3) is 0.391. The second kappa shape index (κ2) is 9.96. The molecule has 7 nitrogen and oxygen atoms in total. The average Bonchev–Trinajstić information content (AvgIpc) is 2.78. The first-order valence-electron chi connectivity index (χ1n) is 10.6. The van der Waals surface area contributed by atoms with Crippen molar-refractivity contribution >= 4 is 27.5 Å². The van der Waals surface area contributed by atoms with E-state index in [0.29, 0.717) is 24.3 Å². The van der Waals surface area contributed by atoms with Crippen LogP contribution >= 0.6 is 0 Å². The Morgan fingerprint density at radius 3 is 2.55 bits per heavy atom. The third-order valence-corrected chi connectivity index (χ3v) is 6.86. The van der Waals surface area contributed by atoms with Gasteiger partial charge in [-0.1, -0.05) is 31.5 Å². The Bertz CT molecular complexity index is 1040. The molecule has 0 unspecified atom stereocenters. The maximum Gasteiger partial charge on any atom is 0.261 e. The number of carbonyl (C=O) groups excluding carboxylic acids is 2. The standard InChI is InChI=1S/C23H29N3O4S/c1-3-6-17-10-12-21(13-11-17)31(29,30)25-20-9-4-7-18(15-20)23(28)26-14-5-8-19(16-26)22(27)24-2/h4,7,9-13,15,19,25H,3,5-6,8,14,16H2,1-2H3,(H,24,27)/t19-/m1/s1. The molecule has 166 valence electrons. The molecule has 3 rings (SSSR count). The highest BCUT2D eigenvalue weighted by Gasteiger charge is 2.28. The van der Waals surface area contributed by atoms with Crippen molar-refractivity contribution in [2.24, 2.45) is 5.92 Å². The predicted octanol–water partition coefficient (Wildman–Crippen LogP) is 3.04. The van der Waals surface area contributed by atoms with E-state index < -0.39 is 10.0 Å². The summed E-state index contributed by atoms with van der Waals surface area (Å²) in [6.07, 6.45) is 3.39. The van der Waals surface area contributed by atoms with E-state index in [1.54, 1.807) is 42.3 Å². The molecular formula is C23H29N3O4S. The SMILES string of the molecule is CCCc1ccc(S(=O)(=O)Nc2cccc(C(=O)N3CCC[C@@H](C(=O)NC)C3)c2)cc1. The van der Waals surface area contributed by atoms with Crippen LogP contribution in [0.3, 0.4) is 0 Å². The van der Waals surface area contributed by atoms with E-state index in [2.05, 4.69) is 17.0 Å². The average molecular weight is 444 g/mol. The summed E-state index contributed by atoms with van der Waals surface area (Å²) < 4.78 is 28.1. The van der Waals surface area contributed by atoms with E-state index in [9.17, 15) is 18.0 Å². The van der Waals surface area contributed by atoms with Crippen molar-refractivity contribution in [1.82, 2.24) is 10.2 Å². The van der Waals surface area contributed by atoms with E-state index in [1.165, 1.54) is 6.07 Å². The lowest BCUT2D eigenvalue weighted by molar-refractivity contribution is -0.125. The van der Waals surface area contributed by atoms with Crippen LogP contribution in [0, 0.1) is 5.92 Å². The lowest BCUT2D eigenvalue weighted by Gasteiger charge is -2.32. The minimum absolute atomic E-state index is 0.0658. The maximum atomic E-state index is 13.0. The van der Waals surface area contributed by atoms with Gasteiger partial charge in [0.15, 0.2) is 0 Å². The smallest absolute Gasteiger partial charge is 0.261 e. The van der Waals surface area contributed by atoms with Gasteiger partial charge in [0.2, 0.25) is 5.91 Å². The van der Waals surface area contributed by atoms with Crippen LogP contribution in [0.2, 0.25) is 0 Å². The molecule has 31 heavy (non-hydrogen) atoms. The number of likely N-dealkylation sites (tertiary alicyclic amines) is 1. The van der Waals surface area contributed by atoms with Crippen LogP contribution in [0.25, 0.3) is 0 Å². The first-order valence-corrected chi connectivity index (χ1v) is 12.0. The number of nitrogens with zero attached hydrogens (tertiary/aromatic N) is 1. The number of sulfonamides is 1. The summed E-state index contributed by atoms with van der Waals surface area (Å²) in [4.78, 5) is 26.7. The molecule has 2 aromatic rings. The summed E-state index contributed by atoms with van der Waals surface area (Å²) >= 11 is 0. The topological polar surface area (TPSA) is 95.6 Å². The second-order valence-electron chi connectivity index (χ2n) is 7.78. The molecule has 0 radical (unpaired) electrons. The van der Waals surface area contributed by atoms with Crippen LogP contribution in [0.15, 0.2) is 53.4 Å². The zero-order valence-electron chi connectivity index (χ0n) is 17.9. The number of carbonyl (C=O) groups is 2. The van der Waals surface area contributed by atoms with Crippen LogP contribution in [0.5, 0.6) is 0 Å². The highest BCUT2D eigenvalue weighted by Crippen LogP contribution is 2.22. The first kappa shape index (κ1) is 22.8. The molecule has 1 aliphatic heterocycles. The summed E-state index contributed by atoms with van der Waals surface area (Å²) in [5, 5.41) is 2.64. The molecule has 1 saturated heterocycles. The molecule has 8 heteroatoms. The number of rotatable bonds is 7. The molecule has 2 amide bonds. The van der Waals surface area contributed by atoms with Gasteiger partial charge < -0.3 is 10.2 Å². The summed E-state index contributed by atoms with van der Waals surface area (Å²) in [5.74, 6) is -0.498. The van der Waals surface area contributed by atoms with Crippen molar-refractivity contribution in [2.75, 3.05) is 24.9 Å². The molecular weight excluding hydrogens is 414 g/mol. The zero-order chi connectivity index (χ0) is 22.4. The number of amides is 2. The maximum absolute atomic E-state index is 13.0. The van der Waals surface area contributed by atoms with Gasteiger partial charge in [0.25, 0.3) is 15.9 Å². The van der Waals surface area contributed by atoms with Crippen LogP contribution in [-0.2, 0) is 21.2 Å². The fourth-order valence-corrected chi connectivity index (χ4v) is 4.87. The van der Waals surface area contributed by atoms with Crippen LogP contribution in [0.1, 0.15) is 42.1 Å². The Morgan fingerprint density at radius 1 is 1.13 bits per heavy atom. The Hall–Kier alpha value is -2.87. The summed E-state index contributed by atoms with van der Waals surface area (Å²) in [5.41, 5.74) is 1.80. The highest BCUT2D eigenvalue weighted by molar-refractivity contribution is 7.92. The van der Waals surface area contributed by atoms with Crippen molar-refractivity contribution in [3.05, 3.63) is 59.7 Å². The molecule has 2 aromatic carbocycles. The molecule has 0 bridgehead atoms. The van der Waals surface area contributed by atoms with E-state index in [4.69, 9.17) is 0 Å². The van der Waals surface area contributed by atoms with Gasteiger partial charge in [0.1, 0.15) is 0 Å². The van der Waals surface area contributed by atoms with Gasteiger partial charge in [0, 0.05) is 31.4 Å². The number of hydrogen-bond donors (Lipinski definition) is 2. The van der Waals surface area contributed by atoms with Crippen molar-refractivity contribution in [3.63, 3.8) is 0 Å². The minimum atomic E-state index is -3.76. The quantitative estimate of drug-likeness (QED) is 0.688. The Balaban J connectivity index is 1.73. The Labute approximate surface area is 183 Å². The molecule has 2 N–H and O–H groups in total. The number of hydrogen-bond acceptors (Lipinski definition) is 4. The van der Waals surface area contributed by atoms with Crippen LogP contribution < -0.4 is 10.0 Å². The molecule has 1 fully saturated rings. The van der Waals surface area contributed by atoms with Crippen molar-refractivity contribution < 1.29 is 18.0 Å². The normalized spacial score (nSPS) is 16.6. The van der Waals surface area contributed by atoms with Gasteiger partial charge in [-0.05, 0) is 55.2 Å². The van der Waals surface area contributed by atoms with E-state index in [1.807, 2.05) is 12.1 Å².